The summed E-state index contributed by atoms with van der Waals surface area (Å²) in [6.07, 6.45) is 12.7. The van der Waals surface area contributed by atoms with E-state index in [-0.39, 0.29) is 6.54 Å². The third-order valence-electron chi connectivity index (χ3n) is 7.20. The first-order chi connectivity index (χ1) is 19.6. The zero-order valence-electron chi connectivity index (χ0n) is 23.0. The van der Waals surface area contributed by atoms with Crippen molar-refractivity contribution >= 4 is 23.9 Å². The molecule has 2 aliphatic rings. The molecular weight excluding hydrogens is 504 g/mol. The molecule has 0 radical (unpaired) electrons. The number of piperidine rings is 1. The van der Waals surface area contributed by atoms with Crippen LogP contribution in [0.15, 0.2) is 60.9 Å². The minimum Gasteiger partial charge on any atom is -0.480 e. The maximum Gasteiger partial charge on any atom is 0.327 e. The average molecular weight is 545 g/mol. The summed E-state index contributed by atoms with van der Waals surface area (Å²) in [4.78, 5) is 32.9. The Bertz CT molecular complexity index is 1220. The first-order valence-corrected chi connectivity index (χ1v) is 14.2. The van der Waals surface area contributed by atoms with Gasteiger partial charge in [-0.05, 0) is 81.4 Å². The Balaban J connectivity index is 0.000000186. The Labute approximate surface area is 236 Å². The Morgan fingerprint density at radius 3 is 2.65 bits per heavy atom. The number of nitrogens with zero attached hydrogens (tertiary/aromatic N) is 3. The molecule has 4 N–H and O–H groups in total. The Kier molecular flexibility index (Phi) is 11.3. The third kappa shape index (κ3) is 9.05. The Morgan fingerprint density at radius 2 is 1.88 bits per heavy atom. The molecule has 1 unspecified atom stereocenters. The molecule has 0 spiro atoms. The van der Waals surface area contributed by atoms with E-state index in [2.05, 4.69) is 38.0 Å². The molecule has 2 aromatic heterocycles. The molecule has 1 amide bonds. The molecule has 3 aromatic rings. The lowest BCUT2D eigenvalue weighted by atomic mass is 10.1. The van der Waals surface area contributed by atoms with Gasteiger partial charge in [0.2, 0.25) is 6.41 Å². The Morgan fingerprint density at radius 1 is 1.05 bits per heavy atom. The predicted molar refractivity (Wildman–Crippen MR) is 158 cm³/mol. The van der Waals surface area contributed by atoms with E-state index in [1.165, 1.54) is 69.4 Å². The fourth-order valence-electron chi connectivity index (χ4n) is 5.05. The number of carbonyl (C=O) groups excluding carboxylic acids is 1. The van der Waals surface area contributed by atoms with Gasteiger partial charge >= 0.3 is 5.97 Å². The Hall–Kier alpha value is -3.98. The van der Waals surface area contributed by atoms with E-state index in [0.717, 1.165) is 29.9 Å². The largest absolute Gasteiger partial charge is 0.480 e. The van der Waals surface area contributed by atoms with Crippen molar-refractivity contribution in [1.82, 2.24) is 20.2 Å². The molecule has 1 saturated heterocycles. The molecule has 0 saturated carbocycles. The molecule has 1 atom stereocenters. The summed E-state index contributed by atoms with van der Waals surface area (Å²) in [7, 11) is 0. The van der Waals surface area contributed by atoms with Crippen LogP contribution in [0.3, 0.4) is 0 Å². The van der Waals surface area contributed by atoms with Crippen LogP contribution in [-0.2, 0) is 22.4 Å². The highest BCUT2D eigenvalue weighted by Gasteiger charge is 2.17. The number of amides is 1. The van der Waals surface area contributed by atoms with Gasteiger partial charge in [0.15, 0.2) is 0 Å². The molecule has 9 heteroatoms. The molecule has 1 aromatic carbocycles. The number of hydrogen-bond donors (Lipinski definition) is 4. The number of carboxylic acids is 1. The number of fused-ring (bicyclic) bond motifs is 1. The summed E-state index contributed by atoms with van der Waals surface area (Å²) in [5.74, 6) is 0.0937. The smallest absolute Gasteiger partial charge is 0.327 e. The van der Waals surface area contributed by atoms with Gasteiger partial charge in [-0.2, -0.15) is 0 Å². The number of rotatable bonds is 11. The maximum atomic E-state index is 11.1. The molecule has 0 bridgehead atoms. The van der Waals surface area contributed by atoms with Gasteiger partial charge in [0.05, 0.1) is 5.69 Å². The zero-order chi connectivity index (χ0) is 28.0. The lowest BCUT2D eigenvalue weighted by Crippen LogP contribution is -2.38. The molecule has 1 fully saturated rings. The molecule has 9 nitrogen and oxygen atoms in total. The number of pyridine rings is 2. The van der Waals surface area contributed by atoms with Crippen molar-refractivity contribution in [2.24, 2.45) is 0 Å². The number of aromatic nitrogens is 2. The normalized spacial score (nSPS) is 15.4. The van der Waals surface area contributed by atoms with Gasteiger partial charge in [0.1, 0.15) is 11.9 Å². The molecule has 4 heterocycles. The van der Waals surface area contributed by atoms with Crippen molar-refractivity contribution in [2.75, 3.05) is 43.4 Å². The number of carbonyl (C=O) groups is 2. The highest BCUT2D eigenvalue weighted by Crippen LogP contribution is 2.22. The van der Waals surface area contributed by atoms with Gasteiger partial charge in [-0.25, -0.2) is 9.78 Å². The van der Waals surface area contributed by atoms with Crippen LogP contribution in [0.4, 0.5) is 11.5 Å². The summed E-state index contributed by atoms with van der Waals surface area (Å²) in [6.45, 7) is 4.93. The molecule has 5 rings (SSSR count). The topological polar surface area (TPSA) is 119 Å². The highest BCUT2D eigenvalue weighted by atomic mass is 16.4. The SMILES string of the molecule is O=CNCC(Nc1cncc(-c2ccccc2)c1)C(=O)O.c1cc2c(nc1CCCN1CCCCC1)NCCC2. The third-order valence-corrected chi connectivity index (χ3v) is 7.20. The lowest BCUT2D eigenvalue weighted by Gasteiger charge is -2.26. The van der Waals surface area contributed by atoms with Crippen LogP contribution in [-0.4, -0.2) is 71.1 Å². The van der Waals surface area contributed by atoms with Crippen LogP contribution in [0.5, 0.6) is 0 Å². The van der Waals surface area contributed by atoms with E-state index in [0.29, 0.717) is 12.1 Å². The summed E-state index contributed by atoms with van der Waals surface area (Å²) >= 11 is 0. The van der Waals surface area contributed by atoms with Crippen molar-refractivity contribution in [3.05, 3.63) is 72.2 Å². The van der Waals surface area contributed by atoms with Crippen molar-refractivity contribution in [3.63, 3.8) is 0 Å². The second-order valence-electron chi connectivity index (χ2n) is 10.2. The molecule has 0 aliphatic carbocycles. The first-order valence-electron chi connectivity index (χ1n) is 14.2. The lowest BCUT2D eigenvalue weighted by molar-refractivity contribution is -0.137. The summed E-state index contributed by atoms with van der Waals surface area (Å²) < 4.78 is 0. The van der Waals surface area contributed by atoms with Crippen molar-refractivity contribution in [1.29, 1.82) is 0 Å². The van der Waals surface area contributed by atoms with Gasteiger partial charge in [-0.3, -0.25) is 9.78 Å². The van der Waals surface area contributed by atoms with Gasteiger partial charge in [-0.15, -0.1) is 0 Å². The van der Waals surface area contributed by atoms with Gasteiger partial charge in [0.25, 0.3) is 0 Å². The summed E-state index contributed by atoms with van der Waals surface area (Å²) in [5.41, 5.74) is 5.10. The standard InChI is InChI=1S/C16H25N3.C15H15N3O3/c1-2-11-19(12-3-1)13-5-7-15-9-8-14-6-4-10-17-16(14)18-15;19-10-17-9-14(15(20)21)18-13-6-12(7-16-8-13)11-4-2-1-3-5-11/h8-9H,1-7,10-13H2,(H,17,18);1-8,10,14,18H,9H2,(H,17,19)(H,20,21). The van der Waals surface area contributed by atoms with Crippen LogP contribution in [0.25, 0.3) is 11.1 Å². The summed E-state index contributed by atoms with van der Waals surface area (Å²) in [6, 6.07) is 15.1. The van der Waals surface area contributed by atoms with E-state index in [4.69, 9.17) is 10.1 Å². The van der Waals surface area contributed by atoms with Crippen molar-refractivity contribution < 1.29 is 14.7 Å². The fraction of sp³-hybridized carbons (Fsp3) is 0.419. The number of hydrogen-bond acceptors (Lipinski definition) is 7. The zero-order valence-corrected chi connectivity index (χ0v) is 23.0. The van der Waals surface area contributed by atoms with E-state index in [9.17, 15) is 9.59 Å². The summed E-state index contributed by atoms with van der Waals surface area (Å²) in [5, 5.41) is 17.7. The number of anilines is 2. The van der Waals surface area contributed by atoms with E-state index < -0.39 is 12.0 Å². The van der Waals surface area contributed by atoms with Crippen LogP contribution in [0, 0.1) is 0 Å². The van der Waals surface area contributed by atoms with Crippen molar-refractivity contribution in [3.8, 4) is 11.1 Å². The predicted octanol–water partition coefficient (Wildman–Crippen LogP) is 4.22. The van der Waals surface area contributed by atoms with Gasteiger partial charge in [-0.1, -0.05) is 42.8 Å². The average Bonchev–Trinajstić information content (AvgIpc) is 3.00. The molecule has 2 aliphatic heterocycles. The maximum absolute atomic E-state index is 11.1. The first kappa shape index (κ1) is 29.0. The van der Waals surface area contributed by atoms with Crippen LogP contribution < -0.4 is 16.0 Å². The second kappa shape index (κ2) is 15.6. The number of aryl methyl sites for hydroxylation is 2. The number of nitrogens with one attached hydrogen (secondary N) is 3. The van der Waals surface area contributed by atoms with E-state index >= 15 is 0 Å². The molecule has 40 heavy (non-hydrogen) atoms. The van der Waals surface area contributed by atoms with Crippen LogP contribution in [0.1, 0.15) is 43.4 Å². The van der Waals surface area contributed by atoms with E-state index in [1.807, 2.05) is 36.4 Å². The molecule has 212 valence electrons. The number of carboxylic acid groups (broad SMARTS) is 1. The van der Waals surface area contributed by atoms with Gasteiger partial charge in [0, 0.05) is 36.7 Å². The fourth-order valence-corrected chi connectivity index (χ4v) is 5.05. The monoisotopic (exact) mass is 544 g/mol. The minimum atomic E-state index is -1.05. The number of aliphatic carboxylic acids is 1. The van der Waals surface area contributed by atoms with Crippen molar-refractivity contribution in [2.45, 2.75) is 51.0 Å². The van der Waals surface area contributed by atoms with Crippen LogP contribution in [0.2, 0.25) is 0 Å². The number of benzene rings is 1. The highest BCUT2D eigenvalue weighted by molar-refractivity contribution is 5.78. The molecular formula is C31H40N6O3. The van der Waals surface area contributed by atoms with Gasteiger partial charge < -0.3 is 26.0 Å². The number of likely N-dealkylation sites (tertiary alicyclic amines) is 1. The van der Waals surface area contributed by atoms with Crippen LogP contribution >= 0.6 is 0 Å². The second-order valence-corrected chi connectivity index (χ2v) is 10.2. The van der Waals surface area contributed by atoms with E-state index in [1.54, 1.807) is 12.4 Å². The quantitative estimate of drug-likeness (QED) is 0.265. The minimum absolute atomic E-state index is 0.00556.